The van der Waals surface area contributed by atoms with Gasteiger partial charge in [0.25, 0.3) is 0 Å². The third-order valence-corrected chi connectivity index (χ3v) is 5.98. The molecule has 2 aromatic rings. The summed E-state index contributed by atoms with van der Waals surface area (Å²) >= 11 is 0. The molecule has 0 radical (unpaired) electrons. The number of carbonyl (C=O) groups excluding carboxylic acids is 1. The van der Waals surface area contributed by atoms with E-state index in [2.05, 4.69) is 77.5 Å². The van der Waals surface area contributed by atoms with Crippen LogP contribution in [-0.4, -0.2) is 49.6 Å². The number of amides is 1. The molecule has 2 aromatic carbocycles. The topological polar surface area (TPSA) is 35.6 Å². The van der Waals surface area contributed by atoms with Crippen LogP contribution in [0.3, 0.4) is 0 Å². The summed E-state index contributed by atoms with van der Waals surface area (Å²) in [5.41, 5.74) is 3.92. The van der Waals surface area contributed by atoms with Crippen molar-refractivity contribution >= 4 is 11.6 Å². The van der Waals surface area contributed by atoms with Crippen molar-refractivity contribution in [2.24, 2.45) is 0 Å². The van der Waals surface area contributed by atoms with Crippen molar-refractivity contribution in [1.82, 2.24) is 10.2 Å². The zero-order chi connectivity index (χ0) is 19.9. The monoisotopic (exact) mass is 379 g/mol. The fraction of sp³-hybridized carbons (Fsp3) is 0.458. The summed E-state index contributed by atoms with van der Waals surface area (Å²) in [6.45, 7) is 10.8. The van der Waals surface area contributed by atoms with Crippen molar-refractivity contribution in [3.8, 4) is 0 Å². The average molecular weight is 380 g/mol. The number of carbonyl (C=O) groups is 1. The van der Waals surface area contributed by atoms with Gasteiger partial charge in [0.15, 0.2) is 0 Å². The second kappa shape index (κ2) is 9.74. The van der Waals surface area contributed by atoms with Crippen LogP contribution in [0.15, 0.2) is 54.6 Å². The Kier molecular flexibility index (Phi) is 7.10. The Hall–Kier alpha value is -2.33. The number of hydrogen-bond acceptors (Lipinski definition) is 3. The number of anilines is 1. The molecule has 0 aromatic heterocycles. The molecule has 1 amide bonds. The fourth-order valence-electron chi connectivity index (χ4n) is 4.03. The first-order chi connectivity index (χ1) is 13.6. The molecule has 0 aliphatic carbocycles. The highest BCUT2D eigenvalue weighted by molar-refractivity contribution is 5.81. The Labute approximate surface area is 169 Å². The van der Waals surface area contributed by atoms with E-state index in [9.17, 15) is 4.79 Å². The third kappa shape index (κ3) is 4.93. The molecule has 1 heterocycles. The molecule has 4 nitrogen and oxygen atoms in total. The van der Waals surface area contributed by atoms with Gasteiger partial charge in [-0.25, -0.2) is 0 Å². The van der Waals surface area contributed by atoms with Crippen LogP contribution in [0.25, 0.3) is 0 Å². The van der Waals surface area contributed by atoms with Crippen LogP contribution in [0.4, 0.5) is 5.69 Å². The van der Waals surface area contributed by atoms with Crippen molar-refractivity contribution in [3.05, 3.63) is 65.7 Å². The van der Waals surface area contributed by atoms with Gasteiger partial charge in [-0.15, -0.1) is 0 Å². The van der Waals surface area contributed by atoms with Gasteiger partial charge in [0, 0.05) is 44.3 Å². The minimum absolute atomic E-state index is 0.0905. The van der Waals surface area contributed by atoms with Crippen molar-refractivity contribution in [3.63, 3.8) is 0 Å². The van der Waals surface area contributed by atoms with Gasteiger partial charge in [0.1, 0.15) is 0 Å². The molecule has 1 N–H and O–H groups in total. The highest BCUT2D eigenvalue weighted by Crippen LogP contribution is 2.22. The van der Waals surface area contributed by atoms with Crippen LogP contribution in [0.1, 0.15) is 37.3 Å². The number of aryl methyl sites for hydroxylation is 1. The van der Waals surface area contributed by atoms with Gasteiger partial charge in [-0.2, -0.15) is 0 Å². The van der Waals surface area contributed by atoms with Crippen molar-refractivity contribution in [2.45, 2.75) is 39.2 Å². The van der Waals surface area contributed by atoms with E-state index < -0.39 is 0 Å². The van der Waals surface area contributed by atoms with Gasteiger partial charge >= 0.3 is 0 Å². The molecule has 1 fully saturated rings. The van der Waals surface area contributed by atoms with Gasteiger partial charge in [-0.05, 0) is 37.5 Å². The van der Waals surface area contributed by atoms with Crippen LogP contribution < -0.4 is 10.2 Å². The molecule has 0 bridgehead atoms. The third-order valence-electron chi connectivity index (χ3n) is 5.98. The smallest absolute Gasteiger partial charge is 0.237 e. The fourth-order valence-corrected chi connectivity index (χ4v) is 4.03. The summed E-state index contributed by atoms with van der Waals surface area (Å²) in [4.78, 5) is 17.5. The standard InChI is InChI=1S/C24H33N3O/c1-4-21(22-11-6-5-7-12-22)18-25-24(28)20(3)26-14-16-27(17-15-26)23-13-9-8-10-19(23)2/h5-13,20-21H,4,14-18H2,1-3H3,(H,25,28)/t20-,21+/m0/s1. The first kappa shape index (κ1) is 20.4. The predicted molar refractivity (Wildman–Crippen MR) is 117 cm³/mol. The molecule has 28 heavy (non-hydrogen) atoms. The molecule has 0 spiro atoms. The van der Waals surface area contributed by atoms with E-state index in [1.165, 1.54) is 16.8 Å². The number of benzene rings is 2. The number of nitrogens with one attached hydrogen (secondary N) is 1. The molecule has 4 heteroatoms. The zero-order valence-electron chi connectivity index (χ0n) is 17.4. The molecule has 1 saturated heterocycles. The van der Waals surface area contributed by atoms with E-state index in [1.807, 2.05) is 13.0 Å². The van der Waals surface area contributed by atoms with E-state index in [1.54, 1.807) is 0 Å². The van der Waals surface area contributed by atoms with E-state index >= 15 is 0 Å². The number of para-hydroxylation sites is 1. The largest absolute Gasteiger partial charge is 0.369 e. The summed E-state index contributed by atoms with van der Waals surface area (Å²) in [6.07, 6.45) is 1.02. The highest BCUT2D eigenvalue weighted by atomic mass is 16.2. The Morgan fingerprint density at radius 3 is 2.29 bits per heavy atom. The van der Waals surface area contributed by atoms with Gasteiger partial charge in [0.2, 0.25) is 5.91 Å². The molecular formula is C24H33N3O. The maximum absolute atomic E-state index is 12.7. The van der Waals surface area contributed by atoms with Crippen LogP contribution in [0.5, 0.6) is 0 Å². The summed E-state index contributed by atoms with van der Waals surface area (Å²) < 4.78 is 0. The molecule has 1 aliphatic heterocycles. The van der Waals surface area contributed by atoms with Crippen LogP contribution in [0, 0.1) is 6.92 Å². The Morgan fingerprint density at radius 1 is 1.00 bits per heavy atom. The van der Waals surface area contributed by atoms with Crippen molar-refractivity contribution in [2.75, 3.05) is 37.6 Å². The molecule has 2 atom stereocenters. The van der Waals surface area contributed by atoms with E-state index in [0.717, 1.165) is 32.6 Å². The first-order valence-electron chi connectivity index (χ1n) is 10.5. The lowest BCUT2D eigenvalue weighted by Crippen LogP contribution is -2.54. The second-order valence-corrected chi connectivity index (χ2v) is 7.75. The van der Waals surface area contributed by atoms with E-state index in [0.29, 0.717) is 12.5 Å². The van der Waals surface area contributed by atoms with Gasteiger partial charge in [-0.3, -0.25) is 9.69 Å². The van der Waals surface area contributed by atoms with E-state index in [4.69, 9.17) is 0 Å². The van der Waals surface area contributed by atoms with Gasteiger partial charge in [0.05, 0.1) is 6.04 Å². The molecule has 150 valence electrons. The maximum Gasteiger partial charge on any atom is 0.237 e. The highest BCUT2D eigenvalue weighted by Gasteiger charge is 2.26. The number of hydrogen-bond donors (Lipinski definition) is 1. The summed E-state index contributed by atoms with van der Waals surface area (Å²) in [6, 6.07) is 18.9. The molecular weight excluding hydrogens is 346 g/mol. The molecule has 0 saturated carbocycles. The summed E-state index contributed by atoms with van der Waals surface area (Å²) in [5, 5.41) is 3.19. The van der Waals surface area contributed by atoms with Crippen molar-refractivity contribution < 1.29 is 4.79 Å². The minimum Gasteiger partial charge on any atom is -0.369 e. The Bertz CT molecular complexity index is 753. The number of piperazine rings is 1. The zero-order valence-corrected chi connectivity index (χ0v) is 17.4. The van der Waals surface area contributed by atoms with Crippen LogP contribution in [0.2, 0.25) is 0 Å². The number of rotatable bonds is 7. The first-order valence-corrected chi connectivity index (χ1v) is 10.5. The molecule has 0 unspecified atom stereocenters. The molecule has 1 aliphatic rings. The Morgan fingerprint density at radius 2 is 1.64 bits per heavy atom. The number of nitrogens with zero attached hydrogens (tertiary/aromatic N) is 2. The van der Waals surface area contributed by atoms with Crippen LogP contribution >= 0.6 is 0 Å². The lowest BCUT2D eigenvalue weighted by Gasteiger charge is -2.39. The predicted octanol–water partition coefficient (Wildman–Crippen LogP) is 3.82. The summed E-state index contributed by atoms with van der Waals surface area (Å²) in [5.74, 6) is 0.508. The molecule has 3 rings (SSSR count). The normalized spacial score (nSPS) is 17.2. The van der Waals surface area contributed by atoms with Crippen LogP contribution in [-0.2, 0) is 4.79 Å². The second-order valence-electron chi connectivity index (χ2n) is 7.75. The lowest BCUT2D eigenvalue weighted by molar-refractivity contribution is -0.126. The SMILES string of the molecule is CC[C@H](CNC(=O)[C@H](C)N1CCN(c2ccccc2C)CC1)c1ccccc1. The Balaban J connectivity index is 1.50. The minimum atomic E-state index is -0.0905. The average Bonchev–Trinajstić information content (AvgIpc) is 2.75. The maximum atomic E-state index is 12.7. The quantitative estimate of drug-likeness (QED) is 0.794. The van der Waals surface area contributed by atoms with Crippen molar-refractivity contribution in [1.29, 1.82) is 0 Å². The van der Waals surface area contributed by atoms with Gasteiger partial charge in [-0.1, -0.05) is 55.5 Å². The summed E-state index contributed by atoms with van der Waals surface area (Å²) in [7, 11) is 0. The lowest BCUT2D eigenvalue weighted by atomic mass is 9.96. The van der Waals surface area contributed by atoms with Gasteiger partial charge < -0.3 is 10.2 Å². The van der Waals surface area contributed by atoms with E-state index in [-0.39, 0.29) is 11.9 Å².